The van der Waals surface area contributed by atoms with Gasteiger partial charge in [-0.15, -0.1) is 0 Å². The summed E-state index contributed by atoms with van der Waals surface area (Å²) in [6, 6.07) is 5.93. The van der Waals surface area contributed by atoms with Crippen molar-refractivity contribution in [2.24, 2.45) is 5.14 Å². The second-order valence-corrected chi connectivity index (χ2v) is 5.82. The third-order valence-corrected chi connectivity index (χ3v) is 3.71. The lowest BCUT2D eigenvalue weighted by atomic mass is 10.2. The first kappa shape index (κ1) is 13.8. The fraction of sp³-hybridized carbons (Fsp3) is 0.364. The molecule has 1 aliphatic heterocycles. The van der Waals surface area contributed by atoms with Crippen molar-refractivity contribution in [1.29, 1.82) is 0 Å². The van der Waals surface area contributed by atoms with Crippen LogP contribution >= 0.6 is 0 Å². The molecule has 1 heterocycles. The van der Waals surface area contributed by atoms with Crippen LogP contribution in [0, 0.1) is 0 Å². The molecule has 7 nitrogen and oxygen atoms in total. The minimum Gasteiger partial charge on any atom is -0.442 e. The van der Waals surface area contributed by atoms with Gasteiger partial charge in [-0.3, -0.25) is 0 Å². The van der Waals surface area contributed by atoms with Gasteiger partial charge in [-0.1, -0.05) is 12.1 Å². The summed E-state index contributed by atoms with van der Waals surface area (Å²) in [7, 11) is -3.71. The van der Waals surface area contributed by atoms with Crippen molar-refractivity contribution in [2.75, 3.05) is 13.2 Å². The Kier molecular flexibility index (Phi) is 3.74. The first-order chi connectivity index (χ1) is 8.90. The molecule has 1 fully saturated rings. The summed E-state index contributed by atoms with van der Waals surface area (Å²) in [4.78, 5) is 12.9. The number of hydrogen-bond donors (Lipinski definition) is 2. The van der Waals surface area contributed by atoms with Crippen LogP contribution in [0.15, 0.2) is 29.2 Å². The van der Waals surface area contributed by atoms with Crippen LogP contribution in [0.3, 0.4) is 0 Å². The molecular formula is C11H14N2O5S. The van der Waals surface area contributed by atoms with Crippen LogP contribution < -0.4 is 5.14 Å². The summed E-state index contributed by atoms with van der Waals surface area (Å²) in [5, 5.41) is 13.9. The minimum absolute atomic E-state index is 0.0217. The zero-order valence-electron chi connectivity index (χ0n) is 10.0. The Morgan fingerprint density at radius 3 is 2.47 bits per heavy atom. The molecule has 8 heteroatoms. The van der Waals surface area contributed by atoms with Crippen molar-refractivity contribution in [1.82, 2.24) is 4.90 Å². The summed E-state index contributed by atoms with van der Waals surface area (Å²) in [6.45, 7) is 0.388. The predicted octanol–water partition coefficient (Wildman–Crippen LogP) is -0.353. The van der Waals surface area contributed by atoms with E-state index in [-0.39, 0.29) is 11.5 Å². The SMILES string of the molecule is NS(=O)(=O)c1ccc(CN2CC(CO)OC2=O)cc1. The molecule has 0 spiro atoms. The summed E-state index contributed by atoms with van der Waals surface area (Å²) >= 11 is 0. The molecule has 1 aromatic rings. The van der Waals surface area contributed by atoms with Crippen LogP contribution in [0.2, 0.25) is 0 Å². The fourth-order valence-electron chi connectivity index (χ4n) is 1.80. The Morgan fingerprint density at radius 2 is 2.00 bits per heavy atom. The second-order valence-electron chi connectivity index (χ2n) is 4.26. The molecule has 0 radical (unpaired) electrons. The molecule has 0 bridgehead atoms. The fourth-order valence-corrected chi connectivity index (χ4v) is 2.32. The van der Waals surface area contributed by atoms with Gasteiger partial charge < -0.3 is 14.7 Å². The largest absolute Gasteiger partial charge is 0.442 e. The van der Waals surface area contributed by atoms with Gasteiger partial charge in [0.1, 0.15) is 6.10 Å². The number of hydrogen-bond acceptors (Lipinski definition) is 5. The van der Waals surface area contributed by atoms with E-state index in [0.29, 0.717) is 13.1 Å². The maximum absolute atomic E-state index is 11.5. The number of nitrogens with zero attached hydrogens (tertiary/aromatic N) is 1. The van der Waals surface area contributed by atoms with Crippen molar-refractivity contribution < 1.29 is 23.1 Å². The number of primary sulfonamides is 1. The van der Waals surface area contributed by atoms with E-state index >= 15 is 0 Å². The van der Waals surface area contributed by atoms with Gasteiger partial charge in [-0.05, 0) is 17.7 Å². The second kappa shape index (κ2) is 5.16. The molecule has 19 heavy (non-hydrogen) atoms. The molecule has 0 saturated carbocycles. The number of cyclic esters (lactones) is 1. The molecule has 1 aliphatic rings. The third-order valence-electron chi connectivity index (χ3n) is 2.78. The number of sulfonamides is 1. The van der Waals surface area contributed by atoms with Gasteiger partial charge in [0.2, 0.25) is 10.0 Å². The number of carbonyl (C=O) groups is 1. The average Bonchev–Trinajstić information content (AvgIpc) is 2.70. The Bertz CT molecular complexity index is 569. The Morgan fingerprint density at radius 1 is 1.37 bits per heavy atom. The highest BCUT2D eigenvalue weighted by Crippen LogP contribution is 2.16. The molecule has 1 unspecified atom stereocenters. The van der Waals surface area contributed by atoms with Gasteiger partial charge in [0, 0.05) is 6.54 Å². The molecule has 0 aliphatic carbocycles. The van der Waals surface area contributed by atoms with Crippen LogP contribution in [0.5, 0.6) is 0 Å². The van der Waals surface area contributed by atoms with Crippen LogP contribution in [0.1, 0.15) is 5.56 Å². The lowest BCUT2D eigenvalue weighted by Gasteiger charge is -2.12. The lowest BCUT2D eigenvalue weighted by molar-refractivity contribution is 0.0947. The number of aliphatic hydroxyl groups is 1. The van der Waals surface area contributed by atoms with Crippen LogP contribution in [-0.4, -0.2) is 43.8 Å². The molecule has 0 aromatic heterocycles. The summed E-state index contributed by atoms with van der Waals surface area (Å²) in [5.41, 5.74) is 0.753. The van der Waals surface area contributed by atoms with Crippen LogP contribution in [0.25, 0.3) is 0 Å². The molecule has 1 amide bonds. The van der Waals surface area contributed by atoms with Gasteiger partial charge in [-0.25, -0.2) is 18.4 Å². The van der Waals surface area contributed by atoms with E-state index in [2.05, 4.69) is 0 Å². The molecule has 104 valence electrons. The number of nitrogens with two attached hydrogens (primary N) is 1. The smallest absolute Gasteiger partial charge is 0.410 e. The number of ether oxygens (including phenoxy) is 1. The van der Waals surface area contributed by atoms with Crippen molar-refractivity contribution in [2.45, 2.75) is 17.5 Å². The van der Waals surface area contributed by atoms with Gasteiger partial charge in [0.15, 0.2) is 0 Å². The summed E-state index contributed by atoms with van der Waals surface area (Å²) in [5.74, 6) is 0. The summed E-state index contributed by atoms with van der Waals surface area (Å²) < 4.78 is 27.1. The van der Waals surface area contributed by atoms with Crippen LogP contribution in [0.4, 0.5) is 4.79 Å². The van der Waals surface area contributed by atoms with Crippen molar-refractivity contribution in [3.8, 4) is 0 Å². The molecule has 1 aromatic carbocycles. The minimum atomic E-state index is -3.71. The highest BCUT2D eigenvalue weighted by Gasteiger charge is 2.30. The van der Waals surface area contributed by atoms with Crippen molar-refractivity contribution >= 4 is 16.1 Å². The Balaban J connectivity index is 2.06. The van der Waals surface area contributed by atoms with Crippen molar-refractivity contribution in [3.63, 3.8) is 0 Å². The van der Waals surface area contributed by atoms with E-state index in [1.807, 2.05) is 0 Å². The van der Waals surface area contributed by atoms with E-state index in [0.717, 1.165) is 5.56 Å². The third kappa shape index (κ3) is 3.22. The number of benzene rings is 1. The monoisotopic (exact) mass is 286 g/mol. The first-order valence-electron chi connectivity index (χ1n) is 5.58. The number of amides is 1. The van der Waals surface area contributed by atoms with Crippen molar-refractivity contribution in [3.05, 3.63) is 29.8 Å². The Labute approximate surface area is 110 Å². The Hall–Kier alpha value is -1.64. The van der Waals surface area contributed by atoms with Crippen LogP contribution in [-0.2, 0) is 21.3 Å². The lowest BCUT2D eigenvalue weighted by Crippen LogP contribution is -2.25. The molecule has 3 N–H and O–H groups in total. The molecular weight excluding hydrogens is 272 g/mol. The summed E-state index contributed by atoms with van der Waals surface area (Å²) in [6.07, 6.45) is -0.995. The zero-order chi connectivity index (χ0) is 14.0. The highest BCUT2D eigenvalue weighted by atomic mass is 32.2. The average molecular weight is 286 g/mol. The maximum atomic E-state index is 11.5. The number of rotatable bonds is 4. The predicted molar refractivity (Wildman–Crippen MR) is 65.6 cm³/mol. The van der Waals surface area contributed by atoms with E-state index in [9.17, 15) is 13.2 Å². The molecule has 1 atom stereocenters. The standard InChI is InChI=1S/C11H14N2O5S/c12-19(16,17)10-3-1-8(2-4-10)5-13-6-9(7-14)18-11(13)15/h1-4,9,14H,5-7H2,(H2,12,16,17). The normalized spacial score (nSPS) is 19.6. The van der Waals surface area contributed by atoms with E-state index in [4.69, 9.17) is 15.0 Å². The van der Waals surface area contributed by atoms with E-state index < -0.39 is 22.2 Å². The number of carbonyl (C=O) groups excluding carboxylic acids is 1. The highest BCUT2D eigenvalue weighted by molar-refractivity contribution is 7.89. The van der Waals surface area contributed by atoms with Gasteiger partial charge in [0.05, 0.1) is 18.0 Å². The van der Waals surface area contributed by atoms with E-state index in [1.165, 1.54) is 17.0 Å². The van der Waals surface area contributed by atoms with Gasteiger partial charge >= 0.3 is 6.09 Å². The quantitative estimate of drug-likeness (QED) is 0.786. The van der Waals surface area contributed by atoms with Gasteiger partial charge in [-0.2, -0.15) is 0 Å². The molecule has 1 saturated heterocycles. The zero-order valence-corrected chi connectivity index (χ0v) is 10.8. The first-order valence-corrected chi connectivity index (χ1v) is 7.13. The maximum Gasteiger partial charge on any atom is 0.410 e. The van der Waals surface area contributed by atoms with Gasteiger partial charge in [0.25, 0.3) is 0 Å². The number of aliphatic hydroxyl groups excluding tert-OH is 1. The topological polar surface area (TPSA) is 110 Å². The van der Waals surface area contributed by atoms with E-state index in [1.54, 1.807) is 12.1 Å². The molecule has 2 rings (SSSR count).